The molecule has 1 heterocycles. The van der Waals surface area contributed by atoms with Crippen LogP contribution >= 0.6 is 23.1 Å². The van der Waals surface area contributed by atoms with Crippen LogP contribution in [0.1, 0.15) is 36.7 Å². The number of thioether (sulfide) groups is 1. The zero-order valence-electron chi connectivity index (χ0n) is 9.31. The van der Waals surface area contributed by atoms with Crippen LogP contribution in [-0.4, -0.2) is 27.9 Å². The molecule has 1 N–H and O–H groups in total. The van der Waals surface area contributed by atoms with Crippen molar-refractivity contribution in [2.45, 2.75) is 37.5 Å². The summed E-state index contributed by atoms with van der Waals surface area (Å²) in [7, 11) is 0. The Hall–Kier alpha value is -0.550. The molecule has 1 aliphatic rings. The summed E-state index contributed by atoms with van der Waals surface area (Å²) >= 11 is 3.46. The Morgan fingerprint density at radius 2 is 2.56 bits per heavy atom. The van der Waals surface area contributed by atoms with Crippen molar-refractivity contribution < 1.29 is 4.79 Å². The largest absolute Gasteiger partial charge is 0.348 e. The highest BCUT2D eigenvalue weighted by Crippen LogP contribution is 2.29. The van der Waals surface area contributed by atoms with Gasteiger partial charge < -0.3 is 5.32 Å². The predicted molar refractivity (Wildman–Crippen MR) is 69.1 cm³/mol. The van der Waals surface area contributed by atoms with E-state index in [9.17, 15) is 4.79 Å². The lowest BCUT2D eigenvalue weighted by atomic mass is 10.2. The quantitative estimate of drug-likeness (QED) is 0.900. The van der Waals surface area contributed by atoms with Crippen molar-refractivity contribution in [1.82, 2.24) is 10.3 Å². The first kappa shape index (κ1) is 11.9. The number of carbonyl (C=O) groups is 1. The molecule has 1 aliphatic carbocycles. The fourth-order valence-electron chi connectivity index (χ4n) is 2.04. The highest BCUT2D eigenvalue weighted by molar-refractivity contribution is 7.99. The third kappa shape index (κ3) is 2.98. The number of carbonyl (C=O) groups excluding carboxylic acids is 1. The second-order valence-electron chi connectivity index (χ2n) is 3.93. The van der Waals surface area contributed by atoms with E-state index in [2.05, 4.69) is 17.2 Å². The molecule has 0 saturated heterocycles. The van der Waals surface area contributed by atoms with Crippen molar-refractivity contribution in [3.63, 3.8) is 0 Å². The van der Waals surface area contributed by atoms with Gasteiger partial charge in [-0.05, 0) is 25.0 Å². The van der Waals surface area contributed by atoms with Gasteiger partial charge in [-0.25, -0.2) is 4.98 Å². The van der Waals surface area contributed by atoms with Crippen LogP contribution in [0.3, 0.4) is 0 Å². The van der Waals surface area contributed by atoms with E-state index in [1.807, 2.05) is 11.8 Å². The average Bonchev–Trinajstić information content (AvgIpc) is 2.89. The zero-order valence-corrected chi connectivity index (χ0v) is 10.9. The molecule has 0 aromatic carbocycles. The third-order valence-electron chi connectivity index (χ3n) is 2.79. The second-order valence-corrected chi connectivity index (χ2v) is 6.23. The molecule has 2 rings (SSSR count). The molecule has 0 bridgehead atoms. The zero-order chi connectivity index (χ0) is 11.4. The van der Waals surface area contributed by atoms with Crippen molar-refractivity contribution in [3.8, 4) is 0 Å². The first-order chi connectivity index (χ1) is 7.79. The minimum absolute atomic E-state index is 0.0200. The molecular weight excluding hydrogens is 240 g/mol. The summed E-state index contributed by atoms with van der Waals surface area (Å²) < 4.78 is 0. The molecule has 2 unspecified atom stereocenters. The molecule has 2 atom stereocenters. The van der Waals surface area contributed by atoms with Gasteiger partial charge in [-0.3, -0.25) is 4.79 Å². The van der Waals surface area contributed by atoms with Crippen LogP contribution in [0.4, 0.5) is 0 Å². The van der Waals surface area contributed by atoms with Gasteiger partial charge in [0.1, 0.15) is 5.69 Å². The summed E-state index contributed by atoms with van der Waals surface area (Å²) in [4.78, 5) is 15.8. The van der Waals surface area contributed by atoms with Gasteiger partial charge in [0.05, 0.1) is 5.51 Å². The Bertz CT molecular complexity index is 340. The minimum Gasteiger partial charge on any atom is -0.348 e. The van der Waals surface area contributed by atoms with Gasteiger partial charge in [-0.1, -0.05) is 6.92 Å². The number of nitrogens with zero attached hydrogens (tertiary/aromatic N) is 1. The summed E-state index contributed by atoms with van der Waals surface area (Å²) in [6.45, 7) is 2.19. The fourth-order valence-corrected chi connectivity index (χ4v) is 3.72. The molecule has 1 aromatic heterocycles. The summed E-state index contributed by atoms with van der Waals surface area (Å²) in [6.07, 6.45) is 3.43. The smallest absolute Gasteiger partial charge is 0.270 e. The lowest BCUT2D eigenvalue weighted by molar-refractivity contribution is 0.0933. The van der Waals surface area contributed by atoms with Gasteiger partial charge in [-0.15, -0.1) is 11.3 Å². The van der Waals surface area contributed by atoms with E-state index in [4.69, 9.17) is 0 Å². The molecule has 1 aromatic rings. The normalized spacial score (nSPS) is 24.6. The van der Waals surface area contributed by atoms with Crippen molar-refractivity contribution >= 4 is 29.0 Å². The maximum atomic E-state index is 11.8. The van der Waals surface area contributed by atoms with E-state index in [-0.39, 0.29) is 5.91 Å². The highest BCUT2D eigenvalue weighted by Gasteiger charge is 2.26. The molecule has 0 aliphatic heterocycles. The van der Waals surface area contributed by atoms with Gasteiger partial charge >= 0.3 is 0 Å². The van der Waals surface area contributed by atoms with Gasteiger partial charge in [0, 0.05) is 16.7 Å². The summed E-state index contributed by atoms with van der Waals surface area (Å²) in [5.41, 5.74) is 2.25. The van der Waals surface area contributed by atoms with Crippen LogP contribution < -0.4 is 5.32 Å². The molecule has 1 amide bonds. The van der Waals surface area contributed by atoms with Gasteiger partial charge in [0.25, 0.3) is 5.91 Å². The van der Waals surface area contributed by atoms with Gasteiger partial charge in [-0.2, -0.15) is 11.8 Å². The van der Waals surface area contributed by atoms with E-state index < -0.39 is 0 Å². The maximum Gasteiger partial charge on any atom is 0.270 e. The van der Waals surface area contributed by atoms with E-state index in [0.717, 1.165) is 23.8 Å². The number of nitrogens with one attached hydrogen (secondary N) is 1. The first-order valence-corrected chi connectivity index (χ1v) is 7.59. The lowest BCUT2D eigenvalue weighted by Gasteiger charge is -2.11. The Kier molecular flexibility index (Phi) is 4.23. The summed E-state index contributed by atoms with van der Waals surface area (Å²) in [6, 6.07) is 0.346. The number of hydrogen-bond donors (Lipinski definition) is 1. The van der Waals surface area contributed by atoms with Crippen molar-refractivity contribution in [2.24, 2.45) is 0 Å². The summed E-state index contributed by atoms with van der Waals surface area (Å²) in [5, 5.41) is 5.58. The average molecular weight is 256 g/mol. The van der Waals surface area contributed by atoms with Crippen molar-refractivity contribution in [3.05, 3.63) is 16.6 Å². The molecule has 1 fully saturated rings. The molecule has 88 valence electrons. The Morgan fingerprint density at radius 3 is 3.25 bits per heavy atom. The molecule has 1 saturated carbocycles. The summed E-state index contributed by atoms with van der Waals surface area (Å²) in [5.74, 6) is 1.14. The Balaban J connectivity index is 1.81. The topological polar surface area (TPSA) is 42.0 Å². The van der Waals surface area contributed by atoms with Crippen molar-refractivity contribution in [2.75, 3.05) is 5.75 Å². The lowest BCUT2D eigenvalue weighted by Crippen LogP contribution is -2.33. The Morgan fingerprint density at radius 1 is 1.69 bits per heavy atom. The molecule has 5 heteroatoms. The predicted octanol–water partition coefficient (Wildman–Crippen LogP) is 2.55. The second kappa shape index (κ2) is 5.68. The molecule has 3 nitrogen and oxygen atoms in total. The Labute approximate surface area is 104 Å². The monoisotopic (exact) mass is 256 g/mol. The van der Waals surface area contributed by atoms with Gasteiger partial charge in [0.15, 0.2) is 0 Å². The van der Waals surface area contributed by atoms with Crippen LogP contribution in [0.2, 0.25) is 0 Å². The van der Waals surface area contributed by atoms with Crippen LogP contribution in [0.15, 0.2) is 10.9 Å². The highest BCUT2D eigenvalue weighted by atomic mass is 32.2. The number of aromatic nitrogens is 1. The molecule has 0 spiro atoms. The van der Waals surface area contributed by atoms with Crippen LogP contribution in [0.5, 0.6) is 0 Å². The first-order valence-electron chi connectivity index (χ1n) is 5.60. The standard InChI is InChI=1S/C11H16N2OS2/c1-2-16-9-4-3-8(5-9)13-11(14)10-6-15-7-12-10/h6-9H,2-5H2,1H3,(H,13,14). The molecular formula is C11H16N2OS2. The number of thiazole rings is 1. The number of hydrogen-bond acceptors (Lipinski definition) is 4. The van der Waals surface area contributed by atoms with Crippen LogP contribution in [-0.2, 0) is 0 Å². The molecule has 0 radical (unpaired) electrons. The number of rotatable bonds is 4. The third-order valence-corrected chi connectivity index (χ3v) is 4.61. The van der Waals surface area contributed by atoms with E-state index >= 15 is 0 Å². The van der Waals surface area contributed by atoms with Crippen molar-refractivity contribution in [1.29, 1.82) is 0 Å². The van der Waals surface area contributed by atoms with E-state index in [1.165, 1.54) is 17.8 Å². The van der Waals surface area contributed by atoms with Crippen LogP contribution in [0.25, 0.3) is 0 Å². The number of amides is 1. The molecule has 16 heavy (non-hydrogen) atoms. The van der Waals surface area contributed by atoms with E-state index in [1.54, 1.807) is 10.9 Å². The fraction of sp³-hybridized carbons (Fsp3) is 0.636. The maximum absolute atomic E-state index is 11.8. The minimum atomic E-state index is -0.0200. The van der Waals surface area contributed by atoms with Gasteiger partial charge in [0.2, 0.25) is 0 Å². The SMILES string of the molecule is CCSC1CCC(NC(=O)c2cscn2)C1. The van der Waals surface area contributed by atoms with Crippen LogP contribution in [0, 0.1) is 0 Å². The van der Waals surface area contributed by atoms with E-state index in [0.29, 0.717) is 11.7 Å².